The number of nitrogens with zero attached hydrogens (tertiary/aromatic N) is 4. The molecule has 1 aliphatic carbocycles. The van der Waals surface area contributed by atoms with Gasteiger partial charge in [0.15, 0.2) is 23.1 Å². The van der Waals surface area contributed by atoms with Crippen molar-refractivity contribution in [3.05, 3.63) is 163 Å². The number of furan rings is 2. The van der Waals surface area contributed by atoms with E-state index >= 15 is 0 Å². The van der Waals surface area contributed by atoms with E-state index in [1.165, 1.54) is 16.3 Å². The van der Waals surface area contributed by atoms with Crippen molar-refractivity contribution in [1.82, 2.24) is 19.5 Å². The van der Waals surface area contributed by atoms with Crippen LogP contribution in [0, 0.1) is 0 Å². The highest BCUT2D eigenvalue weighted by Crippen LogP contribution is 2.44. The summed E-state index contributed by atoms with van der Waals surface area (Å²) in [5.74, 6) is 2.65. The summed E-state index contributed by atoms with van der Waals surface area (Å²) < 4.78 is 15.6. The molecule has 0 N–H and O–H groups in total. The number of hydrogen-bond donors (Lipinski definition) is 0. The minimum Gasteiger partial charge on any atom is -0.456 e. The predicted octanol–water partition coefficient (Wildman–Crippen LogP) is 12.7. The second-order valence-electron chi connectivity index (χ2n) is 14.2. The Balaban J connectivity index is 1.22. The maximum atomic E-state index is 6.88. The molecule has 0 unspecified atom stereocenters. The maximum Gasteiger partial charge on any atom is 0.166 e. The number of para-hydroxylation sites is 2. The van der Waals surface area contributed by atoms with E-state index in [9.17, 15) is 0 Å². The molecule has 7 aromatic carbocycles. The van der Waals surface area contributed by atoms with Crippen LogP contribution in [0.1, 0.15) is 17.7 Å². The first-order valence-corrected chi connectivity index (χ1v) is 18.7. The van der Waals surface area contributed by atoms with Crippen LogP contribution in [0.15, 0.2) is 161 Å². The Labute approximate surface area is 314 Å². The molecule has 0 bridgehead atoms. The maximum absolute atomic E-state index is 6.88. The molecular weight excluding hydrogens is 677 g/mol. The van der Waals surface area contributed by atoms with Gasteiger partial charge in [0.05, 0.1) is 11.0 Å². The number of aromatic nitrogens is 4. The van der Waals surface area contributed by atoms with Crippen molar-refractivity contribution in [1.29, 1.82) is 0 Å². The lowest BCUT2D eigenvalue weighted by Gasteiger charge is -2.16. The number of allylic oxidation sites excluding steroid dienone is 1. The zero-order valence-electron chi connectivity index (χ0n) is 29.5. The molecule has 0 aliphatic heterocycles. The van der Waals surface area contributed by atoms with E-state index in [1.807, 2.05) is 42.5 Å². The van der Waals surface area contributed by atoms with E-state index in [0.29, 0.717) is 17.5 Å². The first-order chi connectivity index (χ1) is 27.3. The highest BCUT2D eigenvalue weighted by molar-refractivity contribution is 6.16. The molecule has 11 aromatic rings. The minimum atomic E-state index is 0.558. The number of fused-ring (bicyclic) bond motifs is 10. The quantitative estimate of drug-likeness (QED) is 0.182. The van der Waals surface area contributed by atoms with E-state index in [1.54, 1.807) is 0 Å². The van der Waals surface area contributed by atoms with E-state index in [2.05, 4.69) is 120 Å². The van der Waals surface area contributed by atoms with Crippen molar-refractivity contribution in [2.75, 3.05) is 0 Å². The van der Waals surface area contributed by atoms with Gasteiger partial charge in [-0.15, -0.1) is 0 Å². The Morgan fingerprint density at radius 3 is 2.13 bits per heavy atom. The van der Waals surface area contributed by atoms with Crippen molar-refractivity contribution in [3.63, 3.8) is 0 Å². The second kappa shape index (κ2) is 11.6. The molecule has 1 aliphatic rings. The van der Waals surface area contributed by atoms with Crippen LogP contribution in [0.25, 0.3) is 111 Å². The van der Waals surface area contributed by atoms with Crippen LogP contribution in [-0.4, -0.2) is 19.5 Å². The summed E-state index contributed by atoms with van der Waals surface area (Å²) in [5, 5.41) is 7.83. The van der Waals surface area contributed by atoms with Gasteiger partial charge in [0.1, 0.15) is 22.6 Å². The topological polar surface area (TPSA) is 69.9 Å². The Kier molecular flexibility index (Phi) is 6.36. The third-order valence-corrected chi connectivity index (χ3v) is 11.1. The van der Waals surface area contributed by atoms with Gasteiger partial charge in [-0.2, -0.15) is 0 Å². The summed E-state index contributed by atoms with van der Waals surface area (Å²) in [6, 6.07) is 50.6. The SMILES string of the molecule is C1=Cc2oc3cccc(-c4nc(-c5ccccc5)nc(-c5ccc6c(oc7ccccc76)c5-n5c6ccccc6c6cc7ccccc7cc65)n4)c3c2CC1. The fraction of sp³-hybridized carbons (Fsp3) is 0.0408. The van der Waals surface area contributed by atoms with Crippen LogP contribution in [-0.2, 0) is 6.42 Å². The highest BCUT2D eigenvalue weighted by Gasteiger charge is 2.26. The fourth-order valence-electron chi connectivity index (χ4n) is 8.62. The summed E-state index contributed by atoms with van der Waals surface area (Å²) >= 11 is 0. The average molecular weight is 707 g/mol. The monoisotopic (exact) mass is 706 g/mol. The zero-order valence-corrected chi connectivity index (χ0v) is 29.5. The van der Waals surface area contributed by atoms with Gasteiger partial charge in [0.2, 0.25) is 0 Å². The normalized spacial score (nSPS) is 12.9. The lowest BCUT2D eigenvalue weighted by atomic mass is 9.97. The lowest BCUT2D eigenvalue weighted by molar-refractivity contribution is 0.595. The fourth-order valence-corrected chi connectivity index (χ4v) is 8.62. The number of rotatable bonds is 4. The van der Waals surface area contributed by atoms with Crippen LogP contribution in [0.3, 0.4) is 0 Å². The van der Waals surface area contributed by atoms with Crippen molar-refractivity contribution < 1.29 is 8.83 Å². The first-order valence-electron chi connectivity index (χ1n) is 18.7. The molecule has 0 amide bonds. The first kappa shape index (κ1) is 30.2. The van der Waals surface area contributed by atoms with Crippen LogP contribution in [0.5, 0.6) is 0 Å². The minimum absolute atomic E-state index is 0.558. The number of aryl methyl sites for hydroxylation is 1. The molecule has 0 fully saturated rings. The van der Waals surface area contributed by atoms with Gasteiger partial charge >= 0.3 is 0 Å². The Bertz CT molecular complexity index is 3390. The predicted molar refractivity (Wildman–Crippen MR) is 222 cm³/mol. The van der Waals surface area contributed by atoms with Crippen LogP contribution in [0.4, 0.5) is 0 Å². The summed E-state index contributed by atoms with van der Waals surface area (Å²) in [7, 11) is 0. The molecule has 0 spiro atoms. The lowest BCUT2D eigenvalue weighted by Crippen LogP contribution is -2.04. The Hall–Kier alpha value is -7.31. The third-order valence-electron chi connectivity index (χ3n) is 11.1. The van der Waals surface area contributed by atoms with E-state index in [4.69, 9.17) is 23.8 Å². The van der Waals surface area contributed by atoms with E-state index in [0.717, 1.165) is 95.7 Å². The molecule has 55 heavy (non-hydrogen) atoms. The molecule has 0 saturated heterocycles. The van der Waals surface area contributed by atoms with Crippen molar-refractivity contribution in [2.45, 2.75) is 12.8 Å². The molecule has 0 atom stereocenters. The smallest absolute Gasteiger partial charge is 0.166 e. The Morgan fingerprint density at radius 2 is 1.24 bits per heavy atom. The van der Waals surface area contributed by atoms with Crippen molar-refractivity contribution >= 4 is 71.6 Å². The largest absolute Gasteiger partial charge is 0.456 e. The van der Waals surface area contributed by atoms with Crippen molar-refractivity contribution in [3.8, 4) is 39.9 Å². The van der Waals surface area contributed by atoms with Gasteiger partial charge in [-0.05, 0) is 72.2 Å². The van der Waals surface area contributed by atoms with Gasteiger partial charge in [0, 0.05) is 49.2 Å². The number of hydrogen-bond acceptors (Lipinski definition) is 5. The van der Waals surface area contributed by atoms with Gasteiger partial charge in [-0.1, -0.05) is 109 Å². The third kappa shape index (κ3) is 4.52. The van der Waals surface area contributed by atoms with Gasteiger partial charge < -0.3 is 13.4 Å². The Morgan fingerprint density at radius 1 is 0.509 bits per heavy atom. The standard InChI is InChI=1S/C49H30N4O2/c1-2-13-29(14-3-1)47-50-48(36-20-12-24-43-44(36)35-19-8-11-23-42(35)54-43)52-49(51-47)37-26-25-34-33-18-7-10-22-41(33)55-46(34)45(37)53-39-21-9-6-17-32(39)38-27-30-15-4-5-16-31(30)28-40(38)53/h1-7,9-18,20-28H,8,19H2. The summed E-state index contributed by atoms with van der Waals surface area (Å²) in [6.07, 6.45) is 6.12. The molecule has 4 heterocycles. The molecule has 4 aromatic heterocycles. The average Bonchev–Trinajstić information content (AvgIpc) is 3.92. The van der Waals surface area contributed by atoms with Gasteiger partial charge in [-0.3, -0.25) is 0 Å². The van der Waals surface area contributed by atoms with Gasteiger partial charge in [-0.25, -0.2) is 15.0 Å². The molecule has 12 rings (SSSR count). The highest BCUT2D eigenvalue weighted by atomic mass is 16.3. The molecule has 0 radical (unpaired) electrons. The summed E-state index contributed by atoms with van der Waals surface area (Å²) in [6.45, 7) is 0. The van der Waals surface area contributed by atoms with Crippen LogP contribution >= 0.6 is 0 Å². The molecule has 6 nitrogen and oxygen atoms in total. The van der Waals surface area contributed by atoms with Gasteiger partial charge in [0.25, 0.3) is 0 Å². The molecule has 258 valence electrons. The molecular formula is C49H30N4O2. The summed E-state index contributed by atoms with van der Waals surface area (Å²) in [4.78, 5) is 15.9. The van der Waals surface area contributed by atoms with Crippen molar-refractivity contribution in [2.24, 2.45) is 0 Å². The second-order valence-corrected chi connectivity index (χ2v) is 14.2. The number of benzene rings is 7. The van der Waals surface area contributed by atoms with Crippen LogP contribution in [0.2, 0.25) is 0 Å². The van der Waals surface area contributed by atoms with E-state index in [-0.39, 0.29) is 0 Å². The van der Waals surface area contributed by atoms with E-state index < -0.39 is 0 Å². The molecule has 0 saturated carbocycles. The summed E-state index contributed by atoms with van der Waals surface area (Å²) in [5.41, 5.74) is 9.33. The molecule has 6 heteroatoms. The van der Waals surface area contributed by atoms with Crippen LogP contribution < -0.4 is 0 Å². The zero-order chi connectivity index (χ0) is 36.0.